The van der Waals surface area contributed by atoms with Crippen LogP contribution in [-0.2, 0) is 0 Å². The van der Waals surface area contributed by atoms with E-state index in [-0.39, 0.29) is 7.43 Å². The Bertz CT molecular complexity index is 147. The molecule has 2 aliphatic carbocycles. The van der Waals surface area contributed by atoms with Gasteiger partial charge in [-0.3, -0.25) is 0 Å². The normalized spacial score (nSPS) is 37.4. The van der Waals surface area contributed by atoms with Crippen LogP contribution in [0.2, 0.25) is 0 Å². The molecule has 2 saturated carbocycles. The zero-order valence-corrected chi connectivity index (χ0v) is 12.0. The Hall–Kier alpha value is 0. The summed E-state index contributed by atoms with van der Waals surface area (Å²) in [7, 11) is 0. The minimum absolute atomic E-state index is 0. The molecule has 0 aromatic rings. The molecular weight excluding hydrogens is 204 g/mol. The van der Waals surface area contributed by atoms with Crippen LogP contribution >= 0.6 is 0 Å². The summed E-state index contributed by atoms with van der Waals surface area (Å²) in [5, 5.41) is 0. The topological polar surface area (TPSA) is 0 Å². The Morgan fingerprint density at radius 1 is 0.529 bits per heavy atom. The van der Waals surface area contributed by atoms with Crippen molar-refractivity contribution in [3.8, 4) is 0 Å². The van der Waals surface area contributed by atoms with Crippen LogP contribution in [0.4, 0.5) is 0 Å². The first-order chi connectivity index (χ1) is 7.58. The van der Waals surface area contributed by atoms with Crippen LogP contribution in [0.25, 0.3) is 0 Å². The lowest BCUT2D eigenvalue weighted by Crippen LogP contribution is -2.09. The molecule has 2 aliphatic rings. The summed E-state index contributed by atoms with van der Waals surface area (Å²) >= 11 is 0. The summed E-state index contributed by atoms with van der Waals surface area (Å²) in [6.45, 7) is 9.48. The predicted octanol–water partition coefficient (Wildman–Crippen LogP) is 6.30. The van der Waals surface area contributed by atoms with E-state index in [0.29, 0.717) is 0 Å². The largest absolute Gasteiger partial charge is 0.0776 e. The van der Waals surface area contributed by atoms with Gasteiger partial charge >= 0.3 is 0 Å². The summed E-state index contributed by atoms with van der Waals surface area (Å²) in [5.41, 5.74) is 0. The minimum Gasteiger partial charge on any atom is -0.0776 e. The molecule has 0 aromatic carbocycles. The lowest BCUT2D eigenvalue weighted by atomic mass is 9.84. The van der Waals surface area contributed by atoms with Crippen molar-refractivity contribution in [3.63, 3.8) is 0 Å². The van der Waals surface area contributed by atoms with E-state index in [1.165, 1.54) is 51.4 Å². The van der Waals surface area contributed by atoms with E-state index >= 15 is 0 Å². The lowest BCUT2D eigenvalue weighted by Gasteiger charge is -2.22. The van der Waals surface area contributed by atoms with E-state index in [0.717, 1.165) is 23.7 Å². The van der Waals surface area contributed by atoms with E-state index in [1.807, 2.05) is 0 Å². The summed E-state index contributed by atoms with van der Waals surface area (Å²) < 4.78 is 0. The fourth-order valence-corrected chi connectivity index (χ4v) is 3.16. The van der Waals surface area contributed by atoms with Crippen molar-refractivity contribution in [2.24, 2.45) is 23.7 Å². The van der Waals surface area contributed by atoms with Gasteiger partial charge in [0, 0.05) is 0 Å². The van der Waals surface area contributed by atoms with Gasteiger partial charge in [-0.25, -0.2) is 0 Å². The Morgan fingerprint density at radius 3 is 1.12 bits per heavy atom. The maximum Gasteiger partial charge on any atom is -0.0440 e. The lowest BCUT2D eigenvalue weighted by molar-refractivity contribution is 0.301. The molecular formula is C17H36. The fourth-order valence-electron chi connectivity index (χ4n) is 3.16. The second kappa shape index (κ2) is 9.00. The van der Waals surface area contributed by atoms with Crippen LogP contribution in [-0.4, -0.2) is 0 Å². The average Bonchev–Trinajstić information content (AvgIpc) is 2.23. The molecule has 0 aromatic heterocycles. The molecule has 0 heteroatoms. The average molecular weight is 240 g/mol. The fraction of sp³-hybridized carbons (Fsp3) is 1.00. The Kier molecular flexibility index (Phi) is 9.00. The van der Waals surface area contributed by atoms with Crippen molar-refractivity contribution in [3.05, 3.63) is 0 Å². The number of hydrogen-bond donors (Lipinski definition) is 0. The molecule has 0 radical (unpaired) electrons. The van der Waals surface area contributed by atoms with Crippen LogP contribution < -0.4 is 0 Å². The first-order valence-corrected chi connectivity index (χ1v) is 7.58. The molecule has 0 bridgehead atoms. The smallest absolute Gasteiger partial charge is 0.0440 e. The summed E-state index contributed by atoms with van der Waals surface area (Å²) in [5.74, 6) is 4.06. The van der Waals surface area contributed by atoms with Gasteiger partial charge in [-0.05, 0) is 30.1 Å². The maximum atomic E-state index is 2.37. The highest BCUT2D eigenvalue weighted by Gasteiger charge is 2.14. The highest BCUT2D eigenvalue weighted by Crippen LogP contribution is 2.28. The van der Waals surface area contributed by atoms with Gasteiger partial charge in [0.25, 0.3) is 0 Å². The molecule has 2 unspecified atom stereocenters. The third kappa shape index (κ3) is 7.84. The van der Waals surface area contributed by atoms with Gasteiger partial charge in [-0.1, -0.05) is 80.1 Å². The SMILES string of the molecule is C.CC1CCC(C)CC1.CC1CCCC(C)C1. The zero-order valence-electron chi connectivity index (χ0n) is 12.0. The molecule has 104 valence electrons. The van der Waals surface area contributed by atoms with Gasteiger partial charge < -0.3 is 0 Å². The van der Waals surface area contributed by atoms with Gasteiger partial charge in [-0.2, -0.15) is 0 Å². The van der Waals surface area contributed by atoms with E-state index in [4.69, 9.17) is 0 Å². The van der Waals surface area contributed by atoms with Crippen molar-refractivity contribution in [2.45, 2.75) is 86.5 Å². The highest BCUT2D eigenvalue weighted by atomic mass is 14.2. The Labute approximate surface area is 111 Å². The first kappa shape index (κ1) is 17.0. The maximum absolute atomic E-state index is 2.37. The third-order valence-corrected chi connectivity index (χ3v) is 4.50. The van der Waals surface area contributed by atoms with Gasteiger partial charge in [0.1, 0.15) is 0 Å². The van der Waals surface area contributed by atoms with Crippen LogP contribution in [0.5, 0.6) is 0 Å². The van der Waals surface area contributed by atoms with E-state index in [9.17, 15) is 0 Å². The summed E-state index contributed by atoms with van der Waals surface area (Å²) in [6, 6.07) is 0. The monoisotopic (exact) mass is 240 g/mol. The van der Waals surface area contributed by atoms with Crippen molar-refractivity contribution in [2.75, 3.05) is 0 Å². The molecule has 2 fully saturated rings. The van der Waals surface area contributed by atoms with Crippen molar-refractivity contribution >= 4 is 0 Å². The highest BCUT2D eigenvalue weighted by molar-refractivity contribution is 4.66. The van der Waals surface area contributed by atoms with Gasteiger partial charge in [0.05, 0.1) is 0 Å². The Morgan fingerprint density at radius 2 is 0.882 bits per heavy atom. The van der Waals surface area contributed by atoms with Crippen LogP contribution in [0, 0.1) is 23.7 Å². The van der Waals surface area contributed by atoms with Gasteiger partial charge in [0.15, 0.2) is 0 Å². The molecule has 2 atom stereocenters. The van der Waals surface area contributed by atoms with E-state index < -0.39 is 0 Å². The van der Waals surface area contributed by atoms with Crippen LogP contribution in [0.1, 0.15) is 86.5 Å². The summed E-state index contributed by atoms with van der Waals surface area (Å²) in [6.07, 6.45) is 11.8. The molecule has 0 nitrogen and oxygen atoms in total. The summed E-state index contributed by atoms with van der Waals surface area (Å²) in [4.78, 5) is 0. The van der Waals surface area contributed by atoms with Crippen LogP contribution in [0.3, 0.4) is 0 Å². The second-order valence-corrected chi connectivity index (χ2v) is 6.74. The van der Waals surface area contributed by atoms with Gasteiger partial charge in [-0.15, -0.1) is 0 Å². The minimum atomic E-state index is 0. The molecule has 0 amide bonds. The molecule has 0 spiro atoms. The Balaban J connectivity index is 0.000000284. The molecule has 0 saturated heterocycles. The number of hydrogen-bond acceptors (Lipinski definition) is 0. The molecule has 0 N–H and O–H groups in total. The molecule has 2 rings (SSSR count). The third-order valence-electron chi connectivity index (χ3n) is 4.50. The predicted molar refractivity (Wildman–Crippen MR) is 80.3 cm³/mol. The number of rotatable bonds is 0. The van der Waals surface area contributed by atoms with Crippen molar-refractivity contribution in [1.29, 1.82) is 0 Å². The van der Waals surface area contributed by atoms with Crippen molar-refractivity contribution < 1.29 is 0 Å². The quantitative estimate of drug-likeness (QED) is 0.466. The van der Waals surface area contributed by atoms with Crippen molar-refractivity contribution in [1.82, 2.24) is 0 Å². The van der Waals surface area contributed by atoms with E-state index in [2.05, 4.69) is 27.7 Å². The standard InChI is InChI=1S/2C8H16.CH4/c1-7-3-5-8(2)6-4-7;1-7-4-3-5-8(2)6-7;/h2*7-8H,3-6H2,1-2H3;1H4. The van der Waals surface area contributed by atoms with E-state index in [1.54, 1.807) is 0 Å². The molecule has 0 aliphatic heterocycles. The molecule has 17 heavy (non-hydrogen) atoms. The van der Waals surface area contributed by atoms with Crippen LogP contribution in [0.15, 0.2) is 0 Å². The second-order valence-electron chi connectivity index (χ2n) is 6.74. The molecule has 0 heterocycles. The van der Waals surface area contributed by atoms with Gasteiger partial charge in [0.2, 0.25) is 0 Å². The zero-order chi connectivity index (χ0) is 12.0. The first-order valence-electron chi connectivity index (χ1n) is 7.58.